The van der Waals surface area contributed by atoms with Gasteiger partial charge in [0.1, 0.15) is 6.04 Å². The minimum absolute atomic E-state index is 0.230. The van der Waals surface area contributed by atoms with E-state index in [1.165, 1.54) is 11.8 Å². The SMILES string of the molecule is COc1ccc(C(SC[C@H](N)C(=O)O)(c2ccccc2)c2ccccc2)cc1OC. The molecule has 0 radical (unpaired) electrons. The molecule has 0 aliphatic rings. The molecule has 0 spiro atoms. The Morgan fingerprint density at radius 3 is 1.90 bits per heavy atom. The largest absolute Gasteiger partial charge is 0.493 e. The predicted octanol–water partition coefficient (Wildman–Crippen LogP) is 4.14. The van der Waals surface area contributed by atoms with E-state index >= 15 is 0 Å². The summed E-state index contributed by atoms with van der Waals surface area (Å²) in [5.41, 5.74) is 8.88. The van der Waals surface area contributed by atoms with Crippen molar-refractivity contribution < 1.29 is 19.4 Å². The van der Waals surface area contributed by atoms with Gasteiger partial charge >= 0.3 is 5.97 Å². The lowest BCUT2D eigenvalue weighted by molar-refractivity contribution is -0.137. The van der Waals surface area contributed by atoms with E-state index in [1.54, 1.807) is 14.2 Å². The molecule has 3 aromatic rings. The molecule has 30 heavy (non-hydrogen) atoms. The average Bonchev–Trinajstić information content (AvgIpc) is 2.80. The van der Waals surface area contributed by atoms with Crippen LogP contribution in [0.15, 0.2) is 78.9 Å². The molecule has 3 N–H and O–H groups in total. The summed E-state index contributed by atoms with van der Waals surface area (Å²) >= 11 is 1.50. The van der Waals surface area contributed by atoms with E-state index < -0.39 is 16.8 Å². The van der Waals surface area contributed by atoms with Crippen molar-refractivity contribution in [1.29, 1.82) is 0 Å². The predicted molar refractivity (Wildman–Crippen MR) is 120 cm³/mol. The summed E-state index contributed by atoms with van der Waals surface area (Å²) in [6, 6.07) is 24.8. The van der Waals surface area contributed by atoms with E-state index in [9.17, 15) is 9.90 Å². The summed E-state index contributed by atoms with van der Waals surface area (Å²) in [6.45, 7) is 0. The van der Waals surface area contributed by atoms with Crippen LogP contribution in [0.2, 0.25) is 0 Å². The van der Waals surface area contributed by atoms with Crippen molar-refractivity contribution in [1.82, 2.24) is 0 Å². The van der Waals surface area contributed by atoms with Crippen molar-refractivity contribution in [2.45, 2.75) is 10.8 Å². The first kappa shape index (κ1) is 21.7. The number of hydrogen-bond acceptors (Lipinski definition) is 5. The number of methoxy groups -OCH3 is 2. The van der Waals surface area contributed by atoms with Gasteiger partial charge in [0, 0.05) is 5.75 Å². The number of ether oxygens (including phenoxy) is 2. The second-order valence-electron chi connectivity index (χ2n) is 6.74. The monoisotopic (exact) mass is 423 g/mol. The fraction of sp³-hybridized carbons (Fsp3) is 0.208. The van der Waals surface area contributed by atoms with E-state index in [-0.39, 0.29) is 5.75 Å². The zero-order valence-electron chi connectivity index (χ0n) is 16.9. The smallest absolute Gasteiger partial charge is 0.321 e. The fourth-order valence-electron chi connectivity index (χ4n) is 3.44. The number of hydrogen-bond donors (Lipinski definition) is 2. The third-order valence-electron chi connectivity index (χ3n) is 4.95. The number of rotatable bonds is 9. The van der Waals surface area contributed by atoms with E-state index in [0.29, 0.717) is 11.5 Å². The van der Waals surface area contributed by atoms with E-state index in [1.807, 2.05) is 78.9 Å². The Hall–Kier alpha value is -2.96. The molecule has 3 aromatic carbocycles. The average molecular weight is 424 g/mol. The molecule has 0 aliphatic carbocycles. The molecular formula is C24H25NO4S. The van der Waals surface area contributed by atoms with Gasteiger partial charge in [0.25, 0.3) is 0 Å². The van der Waals surface area contributed by atoms with Crippen LogP contribution in [-0.2, 0) is 9.54 Å². The summed E-state index contributed by atoms with van der Waals surface area (Å²) in [5.74, 6) is 0.440. The number of carbonyl (C=O) groups is 1. The molecule has 0 saturated carbocycles. The molecule has 5 nitrogen and oxygen atoms in total. The highest BCUT2D eigenvalue weighted by Gasteiger charge is 2.38. The Morgan fingerprint density at radius 1 is 0.900 bits per heavy atom. The zero-order valence-corrected chi connectivity index (χ0v) is 17.8. The van der Waals surface area contributed by atoms with Crippen LogP contribution in [0.25, 0.3) is 0 Å². The molecule has 3 rings (SSSR count). The molecule has 0 aromatic heterocycles. The lowest BCUT2D eigenvalue weighted by Gasteiger charge is -2.36. The second kappa shape index (κ2) is 9.69. The summed E-state index contributed by atoms with van der Waals surface area (Å²) in [5, 5.41) is 9.37. The Kier molecular flexibility index (Phi) is 7.03. The van der Waals surface area contributed by atoms with Crippen LogP contribution in [0.1, 0.15) is 16.7 Å². The molecule has 0 aliphatic heterocycles. The van der Waals surface area contributed by atoms with Crippen molar-refractivity contribution in [3.63, 3.8) is 0 Å². The number of thioether (sulfide) groups is 1. The first-order chi connectivity index (χ1) is 14.5. The number of benzene rings is 3. The fourth-order valence-corrected chi connectivity index (χ4v) is 4.91. The first-order valence-corrected chi connectivity index (χ1v) is 10.5. The van der Waals surface area contributed by atoms with Crippen LogP contribution >= 0.6 is 11.8 Å². The van der Waals surface area contributed by atoms with Gasteiger partial charge in [0.2, 0.25) is 0 Å². The first-order valence-electron chi connectivity index (χ1n) is 9.48. The Morgan fingerprint density at radius 2 is 1.43 bits per heavy atom. The maximum atomic E-state index is 11.4. The zero-order chi connectivity index (χ0) is 21.6. The highest BCUT2D eigenvalue weighted by molar-refractivity contribution is 8.00. The van der Waals surface area contributed by atoms with Gasteiger partial charge in [-0.15, -0.1) is 11.8 Å². The van der Waals surface area contributed by atoms with Crippen LogP contribution in [0.5, 0.6) is 11.5 Å². The molecule has 0 heterocycles. The summed E-state index contributed by atoms with van der Waals surface area (Å²) in [6.07, 6.45) is 0. The topological polar surface area (TPSA) is 81.8 Å². The third-order valence-corrected chi connectivity index (χ3v) is 6.61. The molecular weight excluding hydrogens is 398 g/mol. The van der Waals surface area contributed by atoms with E-state index in [4.69, 9.17) is 15.2 Å². The standard InChI is InChI=1S/C24H25NO4S/c1-28-21-14-13-19(15-22(21)29-2)24(17-9-5-3-6-10-17,18-11-7-4-8-12-18)30-16-20(25)23(26)27/h3-15,20H,16,25H2,1-2H3,(H,26,27)/t20-/m0/s1. The lowest BCUT2D eigenvalue weighted by Crippen LogP contribution is -2.36. The highest BCUT2D eigenvalue weighted by Crippen LogP contribution is 2.50. The lowest BCUT2D eigenvalue weighted by atomic mass is 9.84. The van der Waals surface area contributed by atoms with Crippen molar-refractivity contribution in [3.05, 3.63) is 95.6 Å². The van der Waals surface area contributed by atoms with Crippen LogP contribution in [0.3, 0.4) is 0 Å². The van der Waals surface area contributed by atoms with Gasteiger partial charge < -0.3 is 20.3 Å². The molecule has 0 fully saturated rings. The number of nitrogens with two attached hydrogens (primary N) is 1. The van der Waals surface area contributed by atoms with Gasteiger partial charge in [-0.1, -0.05) is 66.7 Å². The number of aliphatic carboxylic acids is 1. The summed E-state index contributed by atoms with van der Waals surface area (Å²) in [4.78, 5) is 11.4. The molecule has 156 valence electrons. The van der Waals surface area contributed by atoms with Gasteiger partial charge in [-0.25, -0.2) is 0 Å². The molecule has 6 heteroatoms. The quantitative estimate of drug-likeness (QED) is 0.504. The Labute approximate surface area is 180 Å². The second-order valence-corrected chi connectivity index (χ2v) is 7.97. The van der Waals surface area contributed by atoms with Gasteiger partial charge in [-0.05, 0) is 28.8 Å². The highest BCUT2D eigenvalue weighted by atomic mass is 32.2. The van der Waals surface area contributed by atoms with Crippen molar-refractivity contribution in [2.75, 3.05) is 20.0 Å². The Balaban J connectivity index is 2.26. The van der Waals surface area contributed by atoms with E-state index in [0.717, 1.165) is 16.7 Å². The van der Waals surface area contributed by atoms with Crippen LogP contribution in [-0.4, -0.2) is 37.1 Å². The van der Waals surface area contributed by atoms with Crippen LogP contribution in [0, 0.1) is 0 Å². The molecule has 0 saturated heterocycles. The van der Waals surface area contributed by atoms with Gasteiger partial charge in [-0.3, -0.25) is 4.79 Å². The number of carboxylic acid groups (broad SMARTS) is 1. The molecule has 0 amide bonds. The molecule has 1 atom stereocenters. The van der Waals surface area contributed by atoms with Crippen LogP contribution < -0.4 is 15.2 Å². The van der Waals surface area contributed by atoms with Crippen LogP contribution in [0.4, 0.5) is 0 Å². The Bertz CT molecular complexity index is 940. The van der Waals surface area contributed by atoms with Crippen molar-refractivity contribution in [3.8, 4) is 11.5 Å². The summed E-state index contributed by atoms with van der Waals surface area (Å²) in [7, 11) is 3.20. The molecule has 0 bridgehead atoms. The minimum Gasteiger partial charge on any atom is -0.493 e. The third kappa shape index (κ3) is 4.30. The molecule has 0 unspecified atom stereocenters. The minimum atomic E-state index is -1.02. The number of carboxylic acids is 1. The van der Waals surface area contributed by atoms with Gasteiger partial charge in [0.15, 0.2) is 11.5 Å². The van der Waals surface area contributed by atoms with Crippen molar-refractivity contribution >= 4 is 17.7 Å². The van der Waals surface area contributed by atoms with Gasteiger partial charge in [-0.2, -0.15) is 0 Å². The van der Waals surface area contributed by atoms with Crippen molar-refractivity contribution in [2.24, 2.45) is 5.73 Å². The maximum Gasteiger partial charge on any atom is 0.321 e. The van der Waals surface area contributed by atoms with E-state index in [2.05, 4.69) is 0 Å². The normalized spacial score (nSPS) is 12.2. The maximum absolute atomic E-state index is 11.4. The van der Waals surface area contributed by atoms with Gasteiger partial charge in [0.05, 0.1) is 19.0 Å². The summed E-state index contributed by atoms with van der Waals surface area (Å²) < 4.78 is 10.3.